The van der Waals surface area contributed by atoms with Gasteiger partial charge in [0.15, 0.2) is 11.6 Å². The van der Waals surface area contributed by atoms with E-state index in [4.69, 9.17) is 5.41 Å². The lowest BCUT2D eigenvalue weighted by molar-refractivity contribution is -0.118. The number of hydrogen-bond acceptors (Lipinski definition) is 5. The fraction of sp³-hybridized carbons (Fsp3) is 0.481. The molecule has 0 saturated carbocycles. The summed E-state index contributed by atoms with van der Waals surface area (Å²) in [6.07, 6.45) is 11.0. The van der Waals surface area contributed by atoms with Gasteiger partial charge in [0.2, 0.25) is 0 Å². The monoisotopic (exact) mass is 434 g/mol. The van der Waals surface area contributed by atoms with Gasteiger partial charge in [-0.3, -0.25) is 14.4 Å². The Morgan fingerprint density at radius 1 is 1.09 bits per heavy atom. The molecule has 5 nitrogen and oxygen atoms in total. The summed E-state index contributed by atoms with van der Waals surface area (Å²) in [6.45, 7) is 2.63. The number of rotatable bonds is 9. The number of benzene rings is 1. The second-order valence-electron chi connectivity index (χ2n) is 8.77. The van der Waals surface area contributed by atoms with E-state index in [9.17, 15) is 14.4 Å². The predicted octanol–water partition coefficient (Wildman–Crippen LogP) is 5.32. The van der Waals surface area contributed by atoms with Gasteiger partial charge in [-0.15, -0.1) is 0 Å². The summed E-state index contributed by atoms with van der Waals surface area (Å²) in [4.78, 5) is 36.9. The number of fused-ring (bicyclic) bond motifs is 1. The Morgan fingerprint density at radius 2 is 1.94 bits per heavy atom. The van der Waals surface area contributed by atoms with Crippen molar-refractivity contribution in [1.82, 2.24) is 0 Å². The van der Waals surface area contributed by atoms with Crippen LogP contribution < -0.4 is 5.32 Å². The van der Waals surface area contributed by atoms with Crippen molar-refractivity contribution in [1.29, 1.82) is 5.41 Å². The topological polar surface area (TPSA) is 87.1 Å². The smallest absolute Gasteiger partial charge is 0.164 e. The molecule has 0 aromatic heterocycles. The van der Waals surface area contributed by atoms with Crippen molar-refractivity contribution in [3.8, 4) is 0 Å². The van der Waals surface area contributed by atoms with E-state index in [0.29, 0.717) is 32.2 Å². The van der Waals surface area contributed by atoms with E-state index < -0.39 is 0 Å². The minimum Gasteiger partial charge on any atom is -0.384 e. The first-order valence-corrected chi connectivity index (χ1v) is 11.8. The summed E-state index contributed by atoms with van der Waals surface area (Å²) in [5.74, 6) is 0.214. The van der Waals surface area contributed by atoms with Crippen molar-refractivity contribution < 1.29 is 14.4 Å². The summed E-state index contributed by atoms with van der Waals surface area (Å²) >= 11 is 0. The molecule has 1 aliphatic heterocycles. The fourth-order valence-electron chi connectivity index (χ4n) is 4.38. The normalized spacial score (nSPS) is 18.1. The van der Waals surface area contributed by atoms with Crippen molar-refractivity contribution in [2.75, 3.05) is 11.9 Å². The second kappa shape index (κ2) is 11.7. The lowest BCUT2D eigenvalue weighted by Gasteiger charge is -2.12. The molecule has 1 heterocycles. The SMILES string of the molecule is CC/C1=C\Cc2cc(CCC(=O)CC(=N)CC(=O)C3=CCCCC3)ccc2NCCC1=O. The van der Waals surface area contributed by atoms with Crippen molar-refractivity contribution in [3.05, 3.63) is 52.6 Å². The first-order valence-electron chi connectivity index (χ1n) is 11.8. The van der Waals surface area contributed by atoms with Crippen LogP contribution in [0.4, 0.5) is 5.69 Å². The van der Waals surface area contributed by atoms with Gasteiger partial charge in [-0.1, -0.05) is 31.2 Å². The third kappa shape index (κ3) is 6.84. The molecule has 1 aliphatic carbocycles. The number of Topliss-reactive ketones (excluding diaryl/α,β-unsaturated/α-hetero) is 3. The molecule has 3 rings (SSSR count). The number of nitrogens with one attached hydrogen (secondary N) is 2. The molecule has 32 heavy (non-hydrogen) atoms. The highest BCUT2D eigenvalue weighted by molar-refractivity contribution is 6.13. The van der Waals surface area contributed by atoms with Gasteiger partial charge in [-0.25, -0.2) is 0 Å². The first-order chi connectivity index (χ1) is 15.5. The number of carbonyl (C=O) groups excluding carboxylic acids is 3. The Kier molecular flexibility index (Phi) is 8.72. The molecule has 2 N–H and O–H groups in total. The Labute approximate surface area is 190 Å². The van der Waals surface area contributed by atoms with Gasteiger partial charge >= 0.3 is 0 Å². The molecule has 0 bridgehead atoms. The minimum atomic E-state index is 0.000790. The third-order valence-corrected chi connectivity index (χ3v) is 6.27. The number of anilines is 1. The highest BCUT2D eigenvalue weighted by atomic mass is 16.1. The highest BCUT2D eigenvalue weighted by Crippen LogP contribution is 2.23. The first kappa shape index (κ1) is 23.8. The number of carbonyl (C=O) groups is 3. The van der Waals surface area contributed by atoms with E-state index in [1.807, 2.05) is 31.2 Å². The second-order valence-corrected chi connectivity index (χ2v) is 8.77. The van der Waals surface area contributed by atoms with Crippen molar-refractivity contribution in [2.24, 2.45) is 0 Å². The molecule has 5 heteroatoms. The van der Waals surface area contributed by atoms with E-state index in [0.717, 1.165) is 60.1 Å². The van der Waals surface area contributed by atoms with Crippen LogP contribution in [-0.4, -0.2) is 29.6 Å². The van der Waals surface area contributed by atoms with Crippen LogP contribution >= 0.6 is 0 Å². The van der Waals surface area contributed by atoms with E-state index in [-0.39, 0.29) is 35.9 Å². The van der Waals surface area contributed by atoms with E-state index in [1.165, 1.54) is 0 Å². The number of aryl methyl sites for hydroxylation is 1. The molecule has 1 aromatic rings. The molecule has 0 fully saturated rings. The van der Waals surface area contributed by atoms with Gasteiger partial charge in [-0.05, 0) is 73.3 Å². The van der Waals surface area contributed by atoms with Crippen molar-refractivity contribution in [3.63, 3.8) is 0 Å². The molecular formula is C27H34N2O3. The largest absolute Gasteiger partial charge is 0.384 e. The molecule has 0 saturated heterocycles. The zero-order valence-corrected chi connectivity index (χ0v) is 19.1. The quantitative estimate of drug-likeness (QED) is 0.515. The minimum absolute atomic E-state index is 0.000790. The average molecular weight is 435 g/mol. The molecule has 0 spiro atoms. The Balaban J connectivity index is 1.53. The standard InChI is InChI=1S/C27H34N2O3/c1-2-20-10-11-22-16-19(9-13-25(22)29-15-14-26(20)31)8-12-24(30)17-23(28)18-27(32)21-6-4-3-5-7-21/h6,9-10,13,16,28-29H,2-5,7-8,11-12,14-15,17-18H2,1H3/b20-10+,28-23?. The maximum absolute atomic E-state index is 12.4. The van der Waals surface area contributed by atoms with Crippen LogP contribution in [0.25, 0.3) is 0 Å². The van der Waals surface area contributed by atoms with Crippen LogP contribution in [0, 0.1) is 5.41 Å². The van der Waals surface area contributed by atoms with Crippen molar-refractivity contribution >= 4 is 28.7 Å². The van der Waals surface area contributed by atoms with E-state index in [2.05, 4.69) is 11.4 Å². The molecular weight excluding hydrogens is 400 g/mol. The van der Waals surface area contributed by atoms with Crippen LogP contribution in [0.1, 0.15) is 75.8 Å². The van der Waals surface area contributed by atoms with Gasteiger partial charge < -0.3 is 10.7 Å². The summed E-state index contributed by atoms with van der Waals surface area (Å²) in [7, 11) is 0. The van der Waals surface area contributed by atoms with Crippen LogP contribution in [0.2, 0.25) is 0 Å². The molecule has 0 amide bonds. The number of hydrogen-bond donors (Lipinski definition) is 2. The van der Waals surface area contributed by atoms with Gasteiger partial charge in [0, 0.05) is 43.6 Å². The van der Waals surface area contributed by atoms with Gasteiger partial charge in [0.1, 0.15) is 5.78 Å². The van der Waals surface area contributed by atoms with Gasteiger partial charge in [-0.2, -0.15) is 0 Å². The highest BCUT2D eigenvalue weighted by Gasteiger charge is 2.16. The zero-order chi connectivity index (χ0) is 22.9. The van der Waals surface area contributed by atoms with Crippen molar-refractivity contribution in [2.45, 2.75) is 77.6 Å². The van der Waals surface area contributed by atoms with Crippen LogP contribution in [0.15, 0.2) is 41.5 Å². The lowest BCUT2D eigenvalue weighted by atomic mass is 9.93. The summed E-state index contributed by atoms with van der Waals surface area (Å²) in [6, 6.07) is 6.16. The molecule has 2 aliphatic rings. The molecule has 0 unspecified atom stereocenters. The number of allylic oxidation sites excluding steroid dienone is 4. The fourth-order valence-corrected chi connectivity index (χ4v) is 4.38. The van der Waals surface area contributed by atoms with Gasteiger partial charge in [0.25, 0.3) is 0 Å². The third-order valence-electron chi connectivity index (χ3n) is 6.27. The average Bonchev–Trinajstić information content (AvgIpc) is 2.86. The Bertz CT molecular complexity index is 956. The lowest BCUT2D eigenvalue weighted by Crippen LogP contribution is -2.15. The summed E-state index contributed by atoms with van der Waals surface area (Å²) in [5.41, 5.74) is 5.18. The maximum Gasteiger partial charge on any atom is 0.164 e. The zero-order valence-electron chi connectivity index (χ0n) is 19.1. The Morgan fingerprint density at radius 3 is 2.69 bits per heavy atom. The summed E-state index contributed by atoms with van der Waals surface area (Å²) < 4.78 is 0. The number of ketones is 3. The molecule has 0 atom stereocenters. The summed E-state index contributed by atoms with van der Waals surface area (Å²) in [5, 5.41) is 11.4. The predicted molar refractivity (Wildman–Crippen MR) is 128 cm³/mol. The Hall–Kier alpha value is -2.82. The van der Waals surface area contributed by atoms with Crippen LogP contribution in [-0.2, 0) is 27.2 Å². The molecule has 1 aromatic carbocycles. The maximum atomic E-state index is 12.4. The molecule has 170 valence electrons. The van der Waals surface area contributed by atoms with Crippen LogP contribution in [0.5, 0.6) is 0 Å². The molecule has 0 radical (unpaired) electrons. The van der Waals surface area contributed by atoms with Gasteiger partial charge in [0.05, 0.1) is 0 Å². The van der Waals surface area contributed by atoms with E-state index in [1.54, 1.807) is 0 Å². The van der Waals surface area contributed by atoms with E-state index >= 15 is 0 Å². The van der Waals surface area contributed by atoms with Crippen LogP contribution in [0.3, 0.4) is 0 Å².